The van der Waals surface area contributed by atoms with Crippen molar-refractivity contribution >= 4 is 16.9 Å². The quantitative estimate of drug-likeness (QED) is 0.943. The van der Waals surface area contributed by atoms with Crippen molar-refractivity contribution in [1.29, 1.82) is 0 Å². The van der Waals surface area contributed by atoms with Crippen LogP contribution in [-0.4, -0.2) is 40.0 Å². The molecule has 5 nitrogen and oxygen atoms in total. The zero-order valence-electron chi connectivity index (χ0n) is 13.3. The minimum Gasteiger partial charge on any atom is -0.378 e. The first-order valence-electron chi connectivity index (χ1n) is 8.67. The largest absolute Gasteiger partial charge is 0.378 e. The third-order valence-electron chi connectivity index (χ3n) is 5.00. The third-order valence-corrected chi connectivity index (χ3v) is 5.00. The Labute approximate surface area is 136 Å². The van der Waals surface area contributed by atoms with E-state index in [1.54, 1.807) is 0 Å². The summed E-state index contributed by atoms with van der Waals surface area (Å²) < 4.78 is 5.63. The molecular weight excluding hydrogens is 290 g/mol. The fourth-order valence-electron chi connectivity index (χ4n) is 3.78. The Bertz CT molecular complexity index is 657. The number of nitrogens with zero attached hydrogens (tertiary/aromatic N) is 2. The number of para-hydroxylation sites is 2. The summed E-state index contributed by atoms with van der Waals surface area (Å²) in [6.45, 7) is 1.69. The lowest BCUT2D eigenvalue weighted by Crippen LogP contribution is -2.31. The van der Waals surface area contributed by atoms with E-state index < -0.39 is 0 Å². The Hall–Kier alpha value is -1.88. The number of likely N-dealkylation sites (tertiary alicyclic amines) is 1. The monoisotopic (exact) mass is 313 g/mol. The van der Waals surface area contributed by atoms with Crippen molar-refractivity contribution in [2.45, 2.75) is 50.7 Å². The van der Waals surface area contributed by atoms with E-state index in [0.717, 1.165) is 62.1 Å². The van der Waals surface area contributed by atoms with E-state index in [-0.39, 0.29) is 18.1 Å². The van der Waals surface area contributed by atoms with Gasteiger partial charge in [-0.05, 0) is 44.2 Å². The molecule has 0 aliphatic carbocycles. The van der Waals surface area contributed by atoms with Crippen LogP contribution in [0.15, 0.2) is 24.3 Å². The molecule has 2 atom stereocenters. The zero-order valence-corrected chi connectivity index (χ0v) is 13.3. The second-order valence-electron chi connectivity index (χ2n) is 6.56. The van der Waals surface area contributed by atoms with Crippen LogP contribution in [0.1, 0.15) is 50.4 Å². The van der Waals surface area contributed by atoms with Crippen LogP contribution < -0.4 is 0 Å². The predicted molar refractivity (Wildman–Crippen MR) is 88.0 cm³/mol. The summed E-state index contributed by atoms with van der Waals surface area (Å²) in [5, 5.41) is 0. The number of imidazole rings is 1. The lowest BCUT2D eigenvalue weighted by Gasteiger charge is -2.23. The standard InChI is InChI=1S/C18H23N3O2/c22-17(10-9-13-5-4-12-23-13)21-11-3-8-16(21)18-19-14-6-1-2-7-15(14)20-18/h1-2,6-7,13,16H,3-5,8-12H2,(H,19,20)/t13-,16+/m1/s1. The Morgan fingerprint density at radius 1 is 1.30 bits per heavy atom. The molecule has 0 bridgehead atoms. The first kappa shape index (κ1) is 14.7. The van der Waals surface area contributed by atoms with Crippen molar-refractivity contribution in [3.8, 4) is 0 Å². The lowest BCUT2D eigenvalue weighted by atomic mass is 10.1. The number of nitrogens with one attached hydrogen (secondary N) is 1. The third kappa shape index (κ3) is 2.98. The molecule has 2 fully saturated rings. The number of carbonyl (C=O) groups excluding carboxylic acids is 1. The predicted octanol–water partition coefficient (Wildman–Crippen LogP) is 3.19. The minimum atomic E-state index is 0.0967. The highest BCUT2D eigenvalue weighted by Crippen LogP contribution is 2.32. The molecule has 2 saturated heterocycles. The molecule has 2 aromatic rings. The number of aromatic nitrogens is 2. The highest BCUT2D eigenvalue weighted by atomic mass is 16.5. The fraction of sp³-hybridized carbons (Fsp3) is 0.556. The van der Waals surface area contributed by atoms with Gasteiger partial charge in [0.1, 0.15) is 5.82 Å². The first-order valence-corrected chi connectivity index (χ1v) is 8.67. The van der Waals surface area contributed by atoms with Crippen molar-refractivity contribution in [2.75, 3.05) is 13.2 Å². The van der Waals surface area contributed by atoms with Gasteiger partial charge in [0.15, 0.2) is 0 Å². The van der Waals surface area contributed by atoms with E-state index >= 15 is 0 Å². The molecule has 1 N–H and O–H groups in total. The number of aromatic amines is 1. The molecule has 23 heavy (non-hydrogen) atoms. The van der Waals surface area contributed by atoms with E-state index in [1.165, 1.54) is 0 Å². The minimum absolute atomic E-state index is 0.0967. The fourth-order valence-corrected chi connectivity index (χ4v) is 3.78. The Morgan fingerprint density at radius 3 is 3.04 bits per heavy atom. The molecule has 3 heterocycles. The number of hydrogen-bond acceptors (Lipinski definition) is 3. The molecule has 0 unspecified atom stereocenters. The number of hydrogen-bond donors (Lipinski definition) is 1. The molecule has 4 rings (SSSR count). The molecule has 5 heteroatoms. The van der Waals surface area contributed by atoms with Gasteiger partial charge in [0.2, 0.25) is 5.91 Å². The van der Waals surface area contributed by atoms with Gasteiger partial charge in [-0.3, -0.25) is 4.79 Å². The Kier molecular flexibility index (Phi) is 4.04. The molecule has 1 aromatic heterocycles. The molecule has 122 valence electrons. The van der Waals surface area contributed by atoms with Crippen LogP contribution >= 0.6 is 0 Å². The van der Waals surface area contributed by atoms with Crippen molar-refractivity contribution in [3.05, 3.63) is 30.1 Å². The molecule has 0 spiro atoms. The maximum absolute atomic E-state index is 12.6. The summed E-state index contributed by atoms with van der Waals surface area (Å²) in [5.41, 5.74) is 2.02. The molecule has 0 radical (unpaired) electrons. The van der Waals surface area contributed by atoms with Gasteiger partial charge in [-0.1, -0.05) is 12.1 Å². The number of benzene rings is 1. The average molecular weight is 313 g/mol. The lowest BCUT2D eigenvalue weighted by molar-refractivity contribution is -0.132. The van der Waals surface area contributed by atoms with Gasteiger partial charge in [0, 0.05) is 19.6 Å². The van der Waals surface area contributed by atoms with Crippen molar-refractivity contribution in [1.82, 2.24) is 14.9 Å². The highest BCUT2D eigenvalue weighted by Gasteiger charge is 2.32. The van der Waals surface area contributed by atoms with E-state index in [0.29, 0.717) is 6.42 Å². The normalized spacial score (nSPS) is 24.6. The Balaban J connectivity index is 1.46. The van der Waals surface area contributed by atoms with Gasteiger partial charge in [0.25, 0.3) is 0 Å². The molecule has 2 aliphatic rings. The van der Waals surface area contributed by atoms with Crippen LogP contribution in [0.2, 0.25) is 0 Å². The number of rotatable bonds is 4. The second kappa shape index (κ2) is 6.32. The summed E-state index contributed by atoms with van der Waals surface area (Å²) in [6, 6.07) is 8.13. The molecular formula is C18H23N3O2. The van der Waals surface area contributed by atoms with Crippen LogP contribution in [-0.2, 0) is 9.53 Å². The second-order valence-corrected chi connectivity index (χ2v) is 6.56. The maximum atomic E-state index is 12.6. The van der Waals surface area contributed by atoms with Gasteiger partial charge in [0.05, 0.1) is 23.2 Å². The van der Waals surface area contributed by atoms with E-state index in [1.807, 2.05) is 29.2 Å². The Morgan fingerprint density at radius 2 is 2.22 bits per heavy atom. The summed E-state index contributed by atoms with van der Waals surface area (Å²) in [5.74, 6) is 1.16. The first-order chi connectivity index (χ1) is 11.3. The topological polar surface area (TPSA) is 58.2 Å². The number of H-pyrrole nitrogens is 1. The van der Waals surface area contributed by atoms with Crippen LogP contribution in [0.3, 0.4) is 0 Å². The van der Waals surface area contributed by atoms with E-state index in [9.17, 15) is 4.79 Å². The zero-order chi connectivity index (χ0) is 15.6. The van der Waals surface area contributed by atoms with Gasteiger partial charge >= 0.3 is 0 Å². The molecule has 1 amide bonds. The highest BCUT2D eigenvalue weighted by molar-refractivity contribution is 5.78. The van der Waals surface area contributed by atoms with Crippen molar-refractivity contribution in [3.63, 3.8) is 0 Å². The van der Waals surface area contributed by atoms with Crippen LogP contribution in [0.4, 0.5) is 0 Å². The summed E-state index contributed by atoms with van der Waals surface area (Å²) >= 11 is 0. The van der Waals surface area contributed by atoms with Gasteiger partial charge in [-0.25, -0.2) is 4.98 Å². The van der Waals surface area contributed by atoms with Crippen molar-refractivity contribution < 1.29 is 9.53 Å². The average Bonchev–Trinajstić information content (AvgIpc) is 3.31. The number of carbonyl (C=O) groups is 1. The van der Waals surface area contributed by atoms with E-state index in [4.69, 9.17) is 9.72 Å². The molecule has 0 saturated carbocycles. The van der Waals surface area contributed by atoms with Gasteiger partial charge < -0.3 is 14.6 Å². The van der Waals surface area contributed by atoms with Crippen molar-refractivity contribution in [2.24, 2.45) is 0 Å². The van der Waals surface area contributed by atoms with Crippen LogP contribution in [0.25, 0.3) is 11.0 Å². The SMILES string of the molecule is O=C(CC[C@H]1CCCO1)N1CCC[C@H]1c1nc2ccccc2[nH]1. The van der Waals surface area contributed by atoms with Crippen LogP contribution in [0, 0.1) is 0 Å². The number of ether oxygens (including phenoxy) is 1. The van der Waals surface area contributed by atoms with E-state index in [2.05, 4.69) is 4.98 Å². The summed E-state index contributed by atoms with van der Waals surface area (Å²) in [6.07, 6.45) is 5.98. The molecule has 2 aliphatic heterocycles. The summed E-state index contributed by atoms with van der Waals surface area (Å²) in [4.78, 5) is 22.7. The number of amides is 1. The maximum Gasteiger partial charge on any atom is 0.223 e. The summed E-state index contributed by atoms with van der Waals surface area (Å²) in [7, 11) is 0. The number of fused-ring (bicyclic) bond motifs is 1. The van der Waals surface area contributed by atoms with Gasteiger partial charge in [-0.2, -0.15) is 0 Å². The molecule has 1 aromatic carbocycles. The van der Waals surface area contributed by atoms with Crippen LogP contribution in [0.5, 0.6) is 0 Å². The smallest absolute Gasteiger partial charge is 0.223 e. The van der Waals surface area contributed by atoms with Gasteiger partial charge in [-0.15, -0.1) is 0 Å².